The van der Waals surface area contributed by atoms with Crippen LogP contribution in [-0.4, -0.2) is 9.55 Å². The molecule has 0 atom stereocenters. The SMILES string of the molecule is ClCc1nc2cccc(Cl)c2n1-c1ccc(Br)cc1Cl. The second-order valence-corrected chi connectivity index (χ2v) is 6.20. The van der Waals surface area contributed by atoms with Gasteiger partial charge in [0.2, 0.25) is 0 Å². The quantitative estimate of drug-likeness (QED) is 0.503. The molecule has 0 aliphatic rings. The van der Waals surface area contributed by atoms with E-state index in [-0.39, 0.29) is 5.88 Å². The van der Waals surface area contributed by atoms with Crippen LogP contribution in [0.1, 0.15) is 5.82 Å². The fraction of sp³-hybridized carbons (Fsp3) is 0.0714. The van der Waals surface area contributed by atoms with Crippen LogP contribution in [0.5, 0.6) is 0 Å². The van der Waals surface area contributed by atoms with Crippen molar-refractivity contribution in [1.82, 2.24) is 9.55 Å². The van der Waals surface area contributed by atoms with Crippen molar-refractivity contribution in [1.29, 1.82) is 0 Å². The van der Waals surface area contributed by atoms with Crippen LogP contribution >= 0.6 is 50.7 Å². The first-order valence-corrected chi connectivity index (χ1v) is 7.87. The number of fused-ring (bicyclic) bond motifs is 1. The van der Waals surface area contributed by atoms with Gasteiger partial charge in [-0.1, -0.05) is 45.2 Å². The third-order valence-corrected chi connectivity index (χ3v) is 4.31. The Morgan fingerprint density at radius 2 is 1.90 bits per heavy atom. The number of rotatable bonds is 2. The van der Waals surface area contributed by atoms with Crippen LogP contribution in [0.2, 0.25) is 10.0 Å². The van der Waals surface area contributed by atoms with Crippen molar-refractivity contribution in [3.8, 4) is 5.69 Å². The van der Waals surface area contributed by atoms with Gasteiger partial charge in [0.1, 0.15) is 5.82 Å². The normalized spacial score (nSPS) is 11.2. The highest BCUT2D eigenvalue weighted by Gasteiger charge is 2.16. The zero-order valence-electron chi connectivity index (χ0n) is 10.1. The molecule has 0 fully saturated rings. The summed E-state index contributed by atoms with van der Waals surface area (Å²) in [7, 11) is 0. The van der Waals surface area contributed by atoms with E-state index in [0.717, 1.165) is 21.2 Å². The van der Waals surface area contributed by atoms with E-state index in [1.165, 1.54) is 0 Å². The molecule has 1 aromatic heterocycles. The van der Waals surface area contributed by atoms with Crippen LogP contribution in [0.3, 0.4) is 0 Å². The van der Waals surface area contributed by atoms with E-state index in [2.05, 4.69) is 20.9 Å². The molecule has 1 heterocycles. The number of hydrogen-bond donors (Lipinski definition) is 0. The van der Waals surface area contributed by atoms with Crippen molar-refractivity contribution in [2.75, 3.05) is 0 Å². The van der Waals surface area contributed by atoms with Crippen molar-refractivity contribution >= 4 is 61.8 Å². The third kappa shape index (κ3) is 2.33. The molecule has 6 heteroatoms. The minimum Gasteiger partial charge on any atom is -0.292 e. The lowest BCUT2D eigenvalue weighted by atomic mass is 10.2. The summed E-state index contributed by atoms with van der Waals surface area (Å²) in [6, 6.07) is 11.3. The molecule has 0 saturated carbocycles. The first-order chi connectivity index (χ1) is 9.61. The second kappa shape index (κ2) is 5.57. The summed E-state index contributed by atoms with van der Waals surface area (Å²) in [6.07, 6.45) is 0. The molecule has 102 valence electrons. The maximum Gasteiger partial charge on any atom is 0.129 e. The van der Waals surface area contributed by atoms with Gasteiger partial charge in [0.05, 0.1) is 32.6 Å². The Labute approximate surface area is 139 Å². The monoisotopic (exact) mass is 388 g/mol. The van der Waals surface area contributed by atoms with Crippen LogP contribution in [0.25, 0.3) is 16.7 Å². The Balaban J connectivity index is 2.39. The van der Waals surface area contributed by atoms with Crippen LogP contribution in [-0.2, 0) is 5.88 Å². The first kappa shape index (κ1) is 14.2. The summed E-state index contributed by atoms with van der Waals surface area (Å²) >= 11 is 22.1. The van der Waals surface area contributed by atoms with E-state index in [9.17, 15) is 0 Å². The van der Waals surface area contributed by atoms with Crippen molar-refractivity contribution < 1.29 is 0 Å². The topological polar surface area (TPSA) is 17.8 Å². The summed E-state index contributed by atoms with van der Waals surface area (Å²) in [5.41, 5.74) is 2.42. The van der Waals surface area contributed by atoms with Gasteiger partial charge in [-0.05, 0) is 30.3 Å². The van der Waals surface area contributed by atoms with E-state index in [0.29, 0.717) is 15.9 Å². The summed E-state index contributed by atoms with van der Waals surface area (Å²) < 4.78 is 2.81. The lowest BCUT2D eigenvalue weighted by Gasteiger charge is -2.11. The predicted molar refractivity (Wildman–Crippen MR) is 88.3 cm³/mol. The highest BCUT2D eigenvalue weighted by molar-refractivity contribution is 9.10. The lowest BCUT2D eigenvalue weighted by Crippen LogP contribution is -2.00. The molecular formula is C14H8BrCl3N2. The molecule has 0 unspecified atom stereocenters. The number of imidazole rings is 1. The molecule has 0 aliphatic carbocycles. The minimum absolute atomic E-state index is 0.275. The van der Waals surface area contributed by atoms with Gasteiger partial charge in [0, 0.05) is 4.47 Å². The van der Waals surface area contributed by atoms with Gasteiger partial charge >= 0.3 is 0 Å². The number of hydrogen-bond acceptors (Lipinski definition) is 1. The van der Waals surface area contributed by atoms with E-state index < -0.39 is 0 Å². The van der Waals surface area contributed by atoms with Crippen LogP contribution in [0.15, 0.2) is 40.9 Å². The maximum absolute atomic E-state index is 6.34. The van der Waals surface area contributed by atoms with Gasteiger partial charge in [0.25, 0.3) is 0 Å². The van der Waals surface area contributed by atoms with Gasteiger partial charge in [-0.3, -0.25) is 4.57 Å². The fourth-order valence-electron chi connectivity index (χ4n) is 2.15. The van der Waals surface area contributed by atoms with Gasteiger partial charge in [0.15, 0.2) is 0 Å². The van der Waals surface area contributed by atoms with Crippen LogP contribution in [0.4, 0.5) is 0 Å². The smallest absolute Gasteiger partial charge is 0.129 e. The average Bonchev–Trinajstić information content (AvgIpc) is 2.79. The number of benzene rings is 2. The number of para-hydroxylation sites is 1. The van der Waals surface area contributed by atoms with Gasteiger partial charge in [-0.2, -0.15) is 0 Å². The Hall–Kier alpha value is -0.740. The molecule has 3 rings (SSSR count). The predicted octanol–water partition coefficient (Wildman–Crippen LogP) is 5.83. The number of halogens is 4. The fourth-order valence-corrected chi connectivity index (χ4v) is 3.34. The Morgan fingerprint density at radius 3 is 2.60 bits per heavy atom. The molecule has 20 heavy (non-hydrogen) atoms. The second-order valence-electron chi connectivity index (χ2n) is 4.20. The van der Waals surface area contributed by atoms with Gasteiger partial charge < -0.3 is 0 Å². The molecule has 0 bridgehead atoms. The van der Waals surface area contributed by atoms with E-state index >= 15 is 0 Å². The van der Waals surface area contributed by atoms with Crippen molar-refractivity contribution in [2.24, 2.45) is 0 Å². The third-order valence-electron chi connectivity index (χ3n) is 2.97. The molecule has 3 aromatic rings. The van der Waals surface area contributed by atoms with Crippen molar-refractivity contribution in [2.45, 2.75) is 5.88 Å². The molecule has 2 aromatic carbocycles. The molecule has 0 spiro atoms. The molecule has 0 radical (unpaired) electrons. The maximum atomic E-state index is 6.34. The lowest BCUT2D eigenvalue weighted by molar-refractivity contribution is 0.982. The number of aromatic nitrogens is 2. The molecule has 0 aliphatic heterocycles. The number of alkyl halides is 1. The summed E-state index contributed by atoms with van der Waals surface area (Å²) in [4.78, 5) is 4.51. The Kier molecular flexibility index (Phi) is 3.95. The largest absolute Gasteiger partial charge is 0.292 e. The molecule has 0 N–H and O–H groups in total. The van der Waals surface area contributed by atoms with Gasteiger partial charge in [-0.15, -0.1) is 11.6 Å². The van der Waals surface area contributed by atoms with Crippen molar-refractivity contribution in [3.63, 3.8) is 0 Å². The highest BCUT2D eigenvalue weighted by Crippen LogP contribution is 2.32. The zero-order chi connectivity index (χ0) is 14.3. The molecule has 0 saturated heterocycles. The summed E-state index contributed by atoms with van der Waals surface area (Å²) in [5.74, 6) is 0.983. The first-order valence-electron chi connectivity index (χ1n) is 5.79. The molecule has 0 amide bonds. The van der Waals surface area contributed by atoms with E-state index in [1.807, 2.05) is 41.0 Å². The Bertz CT molecular complexity index is 798. The molecular weight excluding hydrogens is 382 g/mol. The minimum atomic E-state index is 0.275. The van der Waals surface area contributed by atoms with Gasteiger partial charge in [-0.25, -0.2) is 4.98 Å². The highest BCUT2D eigenvalue weighted by atomic mass is 79.9. The van der Waals surface area contributed by atoms with Crippen molar-refractivity contribution in [3.05, 3.63) is 56.7 Å². The average molecular weight is 390 g/mol. The van der Waals surface area contributed by atoms with Crippen LogP contribution in [0, 0.1) is 0 Å². The summed E-state index contributed by atoms with van der Waals surface area (Å²) in [5, 5.41) is 1.22. The summed E-state index contributed by atoms with van der Waals surface area (Å²) in [6.45, 7) is 0. The van der Waals surface area contributed by atoms with E-state index in [1.54, 1.807) is 0 Å². The van der Waals surface area contributed by atoms with E-state index in [4.69, 9.17) is 34.8 Å². The number of nitrogens with zero attached hydrogens (tertiary/aromatic N) is 2. The zero-order valence-corrected chi connectivity index (χ0v) is 13.9. The standard InChI is InChI=1S/C14H8BrCl3N2/c15-8-4-5-12(10(18)6-8)20-13(7-16)19-11-3-1-2-9(17)14(11)20/h1-6H,7H2. The van der Waals surface area contributed by atoms with Crippen LogP contribution < -0.4 is 0 Å². The Morgan fingerprint density at radius 1 is 1.10 bits per heavy atom. The molecule has 2 nitrogen and oxygen atoms in total.